The quantitative estimate of drug-likeness (QED) is 0.482. The lowest BCUT2D eigenvalue weighted by Gasteiger charge is -2.13. The summed E-state index contributed by atoms with van der Waals surface area (Å²) in [7, 11) is 1.57. The molecule has 1 aromatic heterocycles. The lowest BCUT2D eigenvalue weighted by molar-refractivity contribution is 0.0968. The minimum atomic E-state index is -0.551. The SMILES string of the molecule is COCCOc1ccccc1C(=O)NC(=S)Nc1sc(C)c(C)c1C(N)=O. The molecule has 0 saturated heterocycles. The summed E-state index contributed by atoms with van der Waals surface area (Å²) >= 11 is 6.56. The van der Waals surface area contributed by atoms with Crippen LogP contribution in [0.5, 0.6) is 5.75 Å². The molecule has 1 aromatic carbocycles. The number of methoxy groups -OCH3 is 1. The minimum absolute atomic E-state index is 0.0652. The molecule has 1 heterocycles. The van der Waals surface area contributed by atoms with E-state index in [0.29, 0.717) is 35.1 Å². The van der Waals surface area contributed by atoms with E-state index in [1.165, 1.54) is 11.3 Å². The highest BCUT2D eigenvalue weighted by molar-refractivity contribution is 7.80. The fourth-order valence-corrected chi connectivity index (χ4v) is 3.66. The van der Waals surface area contributed by atoms with Crippen molar-refractivity contribution in [1.82, 2.24) is 5.32 Å². The molecule has 0 bridgehead atoms. The third kappa shape index (κ3) is 5.25. The van der Waals surface area contributed by atoms with E-state index >= 15 is 0 Å². The molecule has 9 heteroatoms. The molecular formula is C18H21N3O4S2. The van der Waals surface area contributed by atoms with Crippen molar-refractivity contribution in [2.45, 2.75) is 13.8 Å². The number of amides is 2. The molecule has 0 unspecified atom stereocenters. The third-order valence-electron chi connectivity index (χ3n) is 3.76. The van der Waals surface area contributed by atoms with Gasteiger partial charge in [-0.3, -0.25) is 14.9 Å². The Morgan fingerprint density at radius 1 is 1.22 bits per heavy atom. The van der Waals surface area contributed by atoms with Crippen LogP contribution in [-0.2, 0) is 4.74 Å². The second-order valence-corrected chi connectivity index (χ2v) is 7.23. The van der Waals surface area contributed by atoms with Crippen LogP contribution in [0, 0.1) is 13.8 Å². The fraction of sp³-hybridized carbons (Fsp3) is 0.278. The van der Waals surface area contributed by atoms with E-state index in [-0.39, 0.29) is 5.11 Å². The van der Waals surface area contributed by atoms with E-state index in [4.69, 9.17) is 27.4 Å². The van der Waals surface area contributed by atoms with Crippen molar-refractivity contribution >= 4 is 45.5 Å². The molecule has 0 spiro atoms. The molecule has 2 aromatic rings. The highest BCUT2D eigenvalue weighted by atomic mass is 32.1. The van der Waals surface area contributed by atoms with Crippen molar-refractivity contribution in [3.63, 3.8) is 0 Å². The van der Waals surface area contributed by atoms with Gasteiger partial charge in [-0.15, -0.1) is 11.3 Å². The highest BCUT2D eigenvalue weighted by Crippen LogP contribution is 2.32. The Morgan fingerprint density at radius 3 is 2.59 bits per heavy atom. The van der Waals surface area contributed by atoms with E-state index in [1.807, 2.05) is 13.8 Å². The number of benzene rings is 1. The van der Waals surface area contributed by atoms with Crippen LogP contribution in [0.3, 0.4) is 0 Å². The van der Waals surface area contributed by atoms with Crippen molar-refractivity contribution in [2.24, 2.45) is 5.73 Å². The van der Waals surface area contributed by atoms with E-state index in [9.17, 15) is 9.59 Å². The number of carbonyl (C=O) groups excluding carboxylic acids is 2. The van der Waals surface area contributed by atoms with Crippen LogP contribution >= 0.6 is 23.6 Å². The molecule has 27 heavy (non-hydrogen) atoms. The normalized spacial score (nSPS) is 10.3. The van der Waals surface area contributed by atoms with Gasteiger partial charge in [0.05, 0.1) is 17.7 Å². The number of rotatable bonds is 7. The van der Waals surface area contributed by atoms with Gasteiger partial charge in [0.25, 0.3) is 11.8 Å². The molecule has 2 rings (SSSR count). The number of nitrogens with one attached hydrogen (secondary N) is 2. The Morgan fingerprint density at radius 2 is 1.93 bits per heavy atom. The molecule has 0 aliphatic heterocycles. The number of primary amides is 1. The van der Waals surface area contributed by atoms with Crippen molar-refractivity contribution in [1.29, 1.82) is 0 Å². The van der Waals surface area contributed by atoms with Gasteiger partial charge >= 0.3 is 0 Å². The molecule has 7 nitrogen and oxygen atoms in total. The van der Waals surface area contributed by atoms with E-state index in [2.05, 4.69) is 10.6 Å². The number of carbonyl (C=O) groups is 2. The largest absolute Gasteiger partial charge is 0.490 e. The number of nitrogens with two attached hydrogens (primary N) is 1. The fourth-order valence-electron chi connectivity index (χ4n) is 2.33. The Labute approximate surface area is 166 Å². The van der Waals surface area contributed by atoms with Gasteiger partial charge in [0, 0.05) is 12.0 Å². The van der Waals surface area contributed by atoms with Crippen molar-refractivity contribution in [2.75, 3.05) is 25.6 Å². The maximum Gasteiger partial charge on any atom is 0.261 e. The zero-order chi connectivity index (χ0) is 20.0. The van der Waals surface area contributed by atoms with Gasteiger partial charge in [-0.25, -0.2) is 0 Å². The zero-order valence-electron chi connectivity index (χ0n) is 15.3. The van der Waals surface area contributed by atoms with Crippen molar-refractivity contribution in [3.05, 3.63) is 45.8 Å². The van der Waals surface area contributed by atoms with Crippen LogP contribution in [-0.4, -0.2) is 37.3 Å². The standard InChI is InChI=1S/C18H21N3O4S2/c1-10-11(2)27-17(14(10)15(19)22)21-18(26)20-16(23)12-6-4-5-7-13(12)25-9-8-24-3/h4-7H,8-9H2,1-3H3,(H2,19,22)(H2,20,21,23,26). The maximum atomic E-state index is 12.6. The number of para-hydroxylation sites is 1. The smallest absolute Gasteiger partial charge is 0.261 e. The minimum Gasteiger partial charge on any atom is -0.490 e. The summed E-state index contributed by atoms with van der Waals surface area (Å²) in [5.41, 5.74) is 6.95. The number of thiophene rings is 1. The first-order valence-electron chi connectivity index (χ1n) is 8.08. The molecule has 0 aliphatic rings. The first kappa shape index (κ1) is 20.8. The number of hydrogen-bond acceptors (Lipinski definition) is 6. The van der Waals surface area contributed by atoms with Crippen molar-refractivity contribution in [3.8, 4) is 5.75 Å². The maximum absolute atomic E-state index is 12.6. The van der Waals surface area contributed by atoms with Crippen LogP contribution in [0.2, 0.25) is 0 Å². The summed E-state index contributed by atoms with van der Waals surface area (Å²) in [5.74, 6) is -0.549. The van der Waals surface area contributed by atoms with Gasteiger partial charge in [0.1, 0.15) is 17.4 Å². The summed E-state index contributed by atoms with van der Waals surface area (Å²) < 4.78 is 10.5. The summed E-state index contributed by atoms with van der Waals surface area (Å²) in [4.78, 5) is 25.2. The summed E-state index contributed by atoms with van der Waals surface area (Å²) in [6.07, 6.45) is 0. The van der Waals surface area contributed by atoms with E-state index < -0.39 is 11.8 Å². The molecule has 4 N–H and O–H groups in total. The number of ether oxygens (including phenoxy) is 2. The van der Waals surface area contributed by atoms with Gasteiger partial charge in [0.15, 0.2) is 5.11 Å². The topological polar surface area (TPSA) is 103 Å². The summed E-state index contributed by atoms with van der Waals surface area (Å²) in [5, 5.41) is 6.05. The van der Waals surface area contributed by atoms with Crippen LogP contribution in [0.25, 0.3) is 0 Å². The predicted molar refractivity (Wildman–Crippen MR) is 110 cm³/mol. The molecule has 2 amide bonds. The molecule has 0 saturated carbocycles. The number of hydrogen-bond donors (Lipinski definition) is 3. The highest BCUT2D eigenvalue weighted by Gasteiger charge is 2.19. The Kier molecular flexibility index (Phi) is 7.28. The van der Waals surface area contributed by atoms with Gasteiger partial charge in [-0.2, -0.15) is 0 Å². The number of anilines is 1. The van der Waals surface area contributed by atoms with Crippen LogP contribution in [0.4, 0.5) is 5.00 Å². The lowest BCUT2D eigenvalue weighted by atomic mass is 10.1. The van der Waals surface area contributed by atoms with Crippen molar-refractivity contribution < 1.29 is 19.1 Å². The summed E-state index contributed by atoms with van der Waals surface area (Å²) in [6.45, 7) is 4.42. The number of thiocarbonyl (C=S) groups is 1. The zero-order valence-corrected chi connectivity index (χ0v) is 16.9. The molecule has 0 aliphatic carbocycles. The first-order chi connectivity index (χ1) is 12.8. The molecule has 0 radical (unpaired) electrons. The van der Waals surface area contributed by atoms with E-state index in [0.717, 1.165) is 10.4 Å². The van der Waals surface area contributed by atoms with E-state index in [1.54, 1.807) is 31.4 Å². The molecule has 144 valence electrons. The van der Waals surface area contributed by atoms with Gasteiger partial charge < -0.3 is 20.5 Å². The van der Waals surface area contributed by atoms with Gasteiger partial charge in [0.2, 0.25) is 0 Å². The Hall–Kier alpha value is -2.49. The second kappa shape index (κ2) is 9.45. The third-order valence-corrected chi connectivity index (χ3v) is 5.09. The number of aryl methyl sites for hydroxylation is 1. The predicted octanol–water partition coefficient (Wildman–Crippen LogP) is 2.62. The Balaban J connectivity index is 2.10. The van der Waals surface area contributed by atoms with Gasteiger partial charge in [-0.05, 0) is 43.8 Å². The lowest BCUT2D eigenvalue weighted by Crippen LogP contribution is -2.34. The average Bonchev–Trinajstić information content (AvgIpc) is 2.89. The first-order valence-corrected chi connectivity index (χ1v) is 9.30. The second-order valence-electron chi connectivity index (χ2n) is 5.60. The van der Waals surface area contributed by atoms with Crippen LogP contribution < -0.4 is 21.1 Å². The van der Waals surface area contributed by atoms with Crippen LogP contribution in [0.15, 0.2) is 24.3 Å². The molecular weight excluding hydrogens is 386 g/mol. The monoisotopic (exact) mass is 407 g/mol. The van der Waals surface area contributed by atoms with Gasteiger partial charge in [-0.1, -0.05) is 12.1 Å². The Bertz CT molecular complexity index is 864. The molecule has 0 atom stereocenters. The van der Waals surface area contributed by atoms with Crippen LogP contribution in [0.1, 0.15) is 31.2 Å². The molecule has 0 fully saturated rings. The summed E-state index contributed by atoms with van der Waals surface area (Å²) in [6, 6.07) is 6.82. The average molecular weight is 408 g/mol.